The zero-order valence-corrected chi connectivity index (χ0v) is 19.7. The number of ether oxygens (including phenoxy) is 1. The number of benzene rings is 1. The largest absolute Gasteiger partial charge is 0.376 e. The summed E-state index contributed by atoms with van der Waals surface area (Å²) < 4.78 is 62.7. The maximum Gasteiger partial charge on any atom is 0.254 e. The number of fused-ring (bicyclic) bond motifs is 1. The summed E-state index contributed by atoms with van der Waals surface area (Å²) in [6.45, 7) is 1.93. The second-order valence-corrected chi connectivity index (χ2v) is 11.0. The van der Waals surface area contributed by atoms with Crippen LogP contribution in [0, 0.1) is 18.6 Å². The predicted molar refractivity (Wildman–Crippen MR) is 122 cm³/mol. The smallest absolute Gasteiger partial charge is 0.254 e. The van der Waals surface area contributed by atoms with Gasteiger partial charge in [-0.15, -0.1) is 0 Å². The van der Waals surface area contributed by atoms with Crippen LogP contribution in [0.1, 0.15) is 60.9 Å². The summed E-state index contributed by atoms with van der Waals surface area (Å²) >= 11 is 0. The molecule has 1 aliphatic carbocycles. The number of nitrogens with one attached hydrogen (secondary N) is 1. The first kappa shape index (κ1) is 24.0. The van der Waals surface area contributed by atoms with Crippen LogP contribution in [0.3, 0.4) is 0 Å². The Morgan fingerprint density at radius 1 is 1.06 bits per heavy atom. The third kappa shape index (κ3) is 5.36. The number of hydrogen-bond donors (Lipinski definition) is 1. The molecule has 0 bridgehead atoms. The molecule has 4 rings (SSSR count). The van der Waals surface area contributed by atoms with E-state index in [2.05, 4.69) is 4.72 Å². The monoisotopic (exact) mass is 480 g/mol. The maximum absolute atomic E-state index is 14.2. The molecule has 33 heavy (non-hydrogen) atoms. The SMILES string of the molecule is Cc1ccc2n(c1=O)C(COC1CCC(c3c(F)cccc3F)CC1)C(NS(C)(=O)=O)CC2. The molecule has 1 aromatic heterocycles. The van der Waals surface area contributed by atoms with Crippen molar-refractivity contribution in [2.24, 2.45) is 0 Å². The van der Waals surface area contributed by atoms with Crippen LogP contribution in [-0.2, 0) is 21.2 Å². The molecule has 6 nitrogen and oxygen atoms in total. The van der Waals surface area contributed by atoms with Crippen LogP contribution in [0.15, 0.2) is 35.1 Å². The van der Waals surface area contributed by atoms with E-state index in [9.17, 15) is 22.0 Å². The lowest BCUT2D eigenvalue weighted by Gasteiger charge is -2.37. The zero-order valence-electron chi connectivity index (χ0n) is 18.9. The molecule has 2 heterocycles. The molecule has 1 saturated carbocycles. The molecule has 1 aliphatic heterocycles. The summed E-state index contributed by atoms with van der Waals surface area (Å²) in [6, 6.07) is 6.74. The summed E-state index contributed by atoms with van der Waals surface area (Å²) in [4.78, 5) is 12.9. The fourth-order valence-electron chi connectivity index (χ4n) is 5.19. The Morgan fingerprint density at radius 3 is 2.36 bits per heavy atom. The van der Waals surface area contributed by atoms with Crippen molar-refractivity contribution in [1.29, 1.82) is 0 Å². The van der Waals surface area contributed by atoms with Crippen molar-refractivity contribution >= 4 is 10.0 Å². The minimum absolute atomic E-state index is 0.110. The van der Waals surface area contributed by atoms with Gasteiger partial charge in [0.15, 0.2) is 0 Å². The molecule has 180 valence electrons. The second-order valence-electron chi connectivity index (χ2n) is 9.23. The van der Waals surface area contributed by atoms with Gasteiger partial charge in [0.2, 0.25) is 10.0 Å². The molecular formula is C24H30F2N2O4S. The lowest BCUT2D eigenvalue weighted by molar-refractivity contribution is -0.00200. The third-order valence-corrected chi connectivity index (χ3v) is 7.58. The van der Waals surface area contributed by atoms with E-state index < -0.39 is 33.7 Å². The highest BCUT2D eigenvalue weighted by molar-refractivity contribution is 7.88. The van der Waals surface area contributed by atoms with Gasteiger partial charge in [0, 0.05) is 22.9 Å². The quantitative estimate of drug-likeness (QED) is 0.686. The van der Waals surface area contributed by atoms with Crippen molar-refractivity contribution < 1.29 is 21.9 Å². The van der Waals surface area contributed by atoms with Gasteiger partial charge in [-0.05, 0) is 69.6 Å². The fourth-order valence-corrected chi connectivity index (χ4v) is 6.02. The summed E-state index contributed by atoms with van der Waals surface area (Å²) in [5, 5.41) is 0. The topological polar surface area (TPSA) is 77.4 Å². The Hall–Kier alpha value is -2.10. The van der Waals surface area contributed by atoms with Crippen LogP contribution in [0.2, 0.25) is 0 Å². The zero-order chi connectivity index (χ0) is 23.8. The van der Waals surface area contributed by atoms with Crippen molar-refractivity contribution in [1.82, 2.24) is 9.29 Å². The van der Waals surface area contributed by atoms with Crippen molar-refractivity contribution in [2.75, 3.05) is 12.9 Å². The molecule has 0 amide bonds. The molecule has 2 aliphatic rings. The van der Waals surface area contributed by atoms with Gasteiger partial charge in [-0.3, -0.25) is 4.79 Å². The molecule has 1 N–H and O–H groups in total. The molecule has 9 heteroatoms. The molecule has 2 aromatic rings. The summed E-state index contributed by atoms with van der Waals surface area (Å²) in [7, 11) is -3.46. The average Bonchev–Trinajstić information content (AvgIpc) is 2.75. The molecule has 2 atom stereocenters. The van der Waals surface area contributed by atoms with Crippen LogP contribution in [0.25, 0.3) is 0 Å². The van der Waals surface area contributed by atoms with Gasteiger partial charge in [0.05, 0.1) is 25.0 Å². The van der Waals surface area contributed by atoms with Crippen LogP contribution >= 0.6 is 0 Å². The number of aryl methyl sites for hydroxylation is 2. The van der Waals surface area contributed by atoms with Gasteiger partial charge >= 0.3 is 0 Å². The highest BCUT2D eigenvalue weighted by Crippen LogP contribution is 2.37. The predicted octanol–water partition coefficient (Wildman–Crippen LogP) is 3.58. The van der Waals surface area contributed by atoms with Gasteiger partial charge in [0.1, 0.15) is 11.6 Å². The number of sulfonamides is 1. The van der Waals surface area contributed by atoms with Crippen LogP contribution in [0.4, 0.5) is 8.78 Å². The van der Waals surface area contributed by atoms with E-state index in [1.54, 1.807) is 17.6 Å². The number of rotatable bonds is 6. The summed E-state index contributed by atoms with van der Waals surface area (Å²) in [6.07, 6.45) is 4.67. The molecule has 2 unspecified atom stereocenters. The van der Waals surface area contributed by atoms with E-state index in [-0.39, 0.29) is 29.8 Å². The Balaban J connectivity index is 1.47. The standard InChI is InChI=1S/C24H30F2N2O4S/c1-15-6-9-17-10-13-21(27-33(2,30)31)22(28(17)24(15)29)14-32-18-11-7-16(8-12-18)23-19(25)4-3-5-20(23)26/h3-6,9,16,18,21-22,27H,7-8,10-14H2,1-2H3. The molecule has 0 radical (unpaired) electrons. The van der Waals surface area contributed by atoms with Crippen molar-refractivity contribution in [3.63, 3.8) is 0 Å². The number of pyridine rings is 1. The Bertz CT molecular complexity index is 1150. The number of hydrogen-bond acceptors (Lipinski definition) is 4. The number of halogens is 2. The van der Waals surface area contributed by atoms with Crippen LogP contribution in [0.5, 0.6) is 0 Å². The van der Waals surface area contributed by atoms with E-state index >= 15 is 0 Å². The van der Waals surface area contributed by atoms with Crippen LogP contribution < -0.4 is 10.3 Å². The van der Waals surface area contributed by atoms with Crippen molar-refractivity contribution in [3.05, 3.63) is 69.1 Å². The van der Waals surface area contributed by atoms with E-state index in [1.807, 2.05) is 6.07 Å². The minimum Gasteiger partial charge on any atom is -0.376 e. The van der Waals surface area contributed by atoms with Crippen LogP contribution in [-0.4, -0.2) is 38.0 Å². The van der Waals surface area contributed by atoms with Gasteiger partial charge < -0.3 is 9.30 Å². The first-order valence-electron chi connectivity index (χ1n) is 11.4. The van der Waals surface area contributed by atoms with Gasteiger partial charge in [-0.1, -0.05) is 12.1 Å². The molecule has 0 spiro atoms. The summed E-state index contributed by atoms with van der Waals surface area (Å²) in [5.41, 5.74) is 1.47. The lowest BCUT2D eigenvalue weighted by atomic mass is 9.82. The highest BCUT2D eigenvalue weighted by Gasteiger charge is 2.34. The van der Waals surface area contributed by atoms with E-state index in [1.165, 1.54) is 18.2 Å². The van der Waals surface area contributed by atoms with Crippen molar-refractivity contribution in [2.45, 2.75) is 69.6 Å². The highest BCUT2D eigenvalue weighted by atomic mass is 32.2. The van der Waals surface area contributed by atoms with E-state index in [0.29, 0.717) is 44.1 Å². The van der Waals surface area contributed by atoms with E-state index in [4.69, 9.17) is 4.74 Å². The lowest BCUT2D eigenvalue weighted by Crippen LogP contribution is -2.49. The summed E-state index contributed by atoms with van der Waals surface area (Å²) in [5.74, 6) is -1.21. The van der Waals surface area contributed by atoms with Gasteiger partial charge in [0.25, 0.3) is 5.56 Å². The fraction of sp³-hybridized carbons (Fsp3) is 0.542. The second kappa shape index (κ2) is 9.64. The molecule has 0 saturated heterocycles. The first-order valence-corrected chi connectivity index (χ1v) is 13.3. The third-order valence-electron chi connectivity index (χ3n) is 6.85. The number of nitrogens with zero attached hydrogens (tertiary/aromatic N) is 1. The average molecular weight is 481 g/mol. The maximum atomic E-state index is 14.2. The minimum atomic E-state index is -3.46. The number of aromatic nitrogens is 1. The Labute approximate surface area is 193 Å². The Kier molecular flexibility index (Phi) is 7.02. The normalized spacial score (nSPS) is 25.6. The first-order chi connectivity index (χ1) is 15.6. The van der Waals surface area contributed by atoms with Gasteiger partial charge in [-0.25, -0.2) is 21.9 Å². The van der Waals surface area contributed by atoms with E-state index in [0.717, 1.165) is 11.9 Å². The molecular weight excluding hydrogens is 450 g/mol. The Morgan fingerprint density at radius 2 is 1.73 bits per heavy atom. The van der Waals surface area contributed by atoms with Gasteiger partial charge in [-0.2, -0.15) is 0 Å². The molecule has 1 aromatic carbocycles. The van der Waals surface area contributed by atoms with Crippen molar-refractivity contribution in [3.8, 4) is 0 Å². The molecule has 1 fully saturated rings.